The maximum Gasteiger partial charge on any atom is 0.243 e. The number of ether oxygens (including phenoxy) is 1. The minimum atomic E-state index is -3.45. The molecule has 1 fully saturated rings. The summed E-state index contributed by atoms with van der Waals surface area (Å²) in [6, 6.07) is 17.2. The van der Waals surface area contributed by atoms with E-state index in [9.17, 15) is 8.42 Å². The first kappa shape index (κ1) is 17.9. The first-order valence-electron chi connectivity index (χ1n) is 8.45. The lowest BCUT2D eigenvalue weighted by Crippen LogP contribution is -2.49. The van der Waals surface area contributed by atoms with Crippen LogP contribution in [0.25, 0.3) is 0 Å². The zero-order chi connectivity index (χ0) is 17.9. The molecule has 0 N–H and O–H groups in total. The van der Waals surface area contributed by atoms with Gasteiger partial charge in [0.15, 0.2) is 0 Å². The number of sulfonamides is 1. The average Bonchev–Trinajstić information content (AvgIpc) is 2.68. The Morgan fingerprint density at radius 2 is 1.52 bits per heavy atom. The summed E-state index contributed by atoms with van der Waals surface area (Å²) in [6.45, 7) is 4.64. The highest BCUT2D eigenvalue weighted by Gasteiger charge is 2.30. The molecule has 1 saturated heterocycles. The lowest BCUT2D eigenvalue weighted by molar-refractivity contribution is 0.146. The average molecular weight is 360 g/mol. The van der Waals surface area contributed by atoms with E-state index in [0.29, 0.717) is 23.7 Å². The highest BCUT2D eigenvalue weighted by Crippen LogP contribution is 2.24. The Labute approximate surface area is 149 Å². The second kappa shape index (κ2) is 7.56. The number of rotatable bonds is 5. The molecule has 1 aliphatic rings. The number of piperazine rings is 1. The molecule has 0 saturated carbocycles. The third-order valence-electron chi connectivity index (χ3n) is 4.80. The van der Waals surface area contributed by atoms with E-state index in [2.05, 4.69) is 24.0 Å². The van der Waals surface area contributed by atoms with Crippen molar-refractivity contribution in [1.82, 2.24) is 9.21 Å². The van der Waals surface area contributed by atoms with Crippen LogP contribution < -0.4 is 4.74 Å². The van der Waals surface area contributed by atoms with E-state index in [1.807, 2.05) is 18.2 Å². The summed E-state index contributed by atoms with van der Waals surface area (Å²) < 4.78 is 32.3. The third-order valence-corrected chi connectivity index (χ3v) is 6.71. The Balaban J connectivity index is 1.66. The van der Waals surface area contributed by atoms with Crippen molar-refractivity contribution in [2.24, 2.45) is 0 Å². The molecule has 1 heterocycles. The lowest BCUT2D eigenvalue weighted by Gasteiger charge is -2.37. The van der Waals surface area contributed by atoms with Crippen LogP contribution in [0.5, 0.6) is 5.75 Å². The molecule has 5 nitrogen and oxygen atoms in total. The Hall–Kier alpha value is -1.89. The van der Waals surface area contributed by atoms with Gasteiger partial charge in [0.2, 0.25) is 10.0 Å². The van der Waals surface area contributed by atoms with E-state index in [1.165, 1.54) is 5.56 Å². The number of hydrogen-bond acceptors (Lipinski definition) is 4. The molecule has 1 atom stereocenters. The molecule has 0 bridgehead atoms. The van der Waals surface area contributed by atoms with Gasteiger partial charge in [-0.1, -0.05) is 30.3 Å². The maximum atomic E-state index is 12.8. The van der Waals surface area contributed by atoms with Crippen LogP contribution in [0.2, 0.25) is 0 Å². The summed E-state index contributed by atoms with van der Waals surface area (Å²) in [6.07, 6.45) is 0. The highest BCUT2D eigenvalue weighted by molar-refractivity contribution is 7.89. The molecule has 3 rings (SSSR count). The summed E-state index contributed by atoms with van der Waals surface area (Å²) in [5.74, 6) is 0.653. The molecule has 0 aliphatic carbocycles. The first-order valence-corrected chi connectivity index (χ1v) is 9.89. The molecule has 2 aromatic rings. The van der Waals surface area contributed by atoms with Crippen molar-refractivity contribution in [3.63, 3.8) is 0 Å². The van der Waals surface area contributed by atoms with Gasteiger partial charge in [0.05, 0.1) is 12.0 Å². The zero-order valence-corrected chi connectivity index (χ0v) is 15.4. The standard InChI is InChI=1S/C19H24N2O3S/c1-16(17-6-4-3-5-7-17)20-12-14-21(15-13-20)25(22,23)19-10-8-18(24-2)9-11-19/h3-11,16H,12-15H2,1-2H3/t16-/m1/s1. The molecule has 1 aliphatic heterocycles. The van der Waals surface area contributed by atoms with Crippen LogP contribution in [0.15, 0.2) is 59.5 Å². The smallest absolute Gasteiger partial charge is 0.243 e. The SMILES string of the molecule is COc1ccc(S(=O)(=O)N2CCN([C@H](C)c3ccccc3)CC2)cc1. The predicted octanol–water partition coefficient (Wildman–Crippen LogP) is 2.76. The normalized spacial score (nSPS) is 18.0. The molecule has 134 valence electrons. The molecular formula is C19H24N2O3S. The van der Waals surface area contributed by atoms with Gasteiger partial charge >= 0.3 is 0 Å². The Bertz CT molecular complexity index is 783. The van der Waals surface area contributed by atoms with Gasteiger partial charge in [0.25, 0.3) is 0 Å². The van der Waals surface area contributed by atoms with E-state index < -0.39 is 10.0 Å². The van der Waals surface area contributed by atoms with Gasteiger partial charge in [0.1, 0.15) is 5.75 Å². The fraction of sp³-hybridized carbons (Fsp3) is 0.368. The molecule has 25 heavy (non-hydrogen) atoms. The van der Waals surface area contributed by atoms with Crippen LogP contribution in [-0.2, 0) is 10.0 Å². The van der Waals surface area contributed by atoms with E-state index in [-0.39, 0.29) is 6.04 Å². The minimum Gasteiger partial charge on any atom is -0.497 e. The number of nitrogens with zero attached hydrogens (tertiary/aromatic N) is 2. The van der Waals surface area contributed by atoms with Gasteiger partial charge in [-0.25, -0.2) is 8.42 Å². The van der Waals surface area contributed by atoms with Crippen molar-refractivity contribution in [3.8, 4) is 5.75 Å². The largest absolute Gasteiger partial charge is 0.497 e. The number of benzene rings is 2. The highest BCUT2D eigenvalue weighted by atomic mass is 32.2. The van der Waals surface area contributed by atoms with Crippen molar-refractivity contribution < 1.29 is 13.2 Å². The van der Waals surface area contributed by atoms with Crippen molar-refractivity contribution in [1.29, 1.82) is 0 Å². The van der Waals surface area contributed by atoms with E-state index in [4.69, 9.17) is 4.74 Å². The number of methoxy groups -OCH3 is 1. The Morgan fingerprint density at radius 1 is 0.920 bits per heavy atom. The molecule has 0 radical (unpaired) electrons. The summed E-state index contributed by atoms with van der Waals surface area (Å²) in [7, 11) is -1.88. The van der Waals surface area contributed by atoms with Crippen LogP contribution in [0.4, 0.5) is 0 Å². The van der Waals surface area contributed by atoms with Gasteiger partial charge in [-0.15, -0.1) is 0 Å². The third kappa shape index (κ3) is 3.86. The Morgan fingerprint density at radius 3 is 2.08 bits per heavy atom. The van der Waals surface area contributed by atoms with Crippen molar-refractivity contribution in [2.75, 3.05) is 33.3 Å². The van der Waals surface area contributed by atoms with Gasteiger partial charge in [-0.2, -0.15) is 4.31 Å². The predicted molar refractivity (Wildman–Crippen MR) is 98.2 cm³/mol. The second-order valence-corrected chi connectivity index (χ2v) is 8.14. The first-order chi connectivity index (χ1) is 12.0. The zero-order valence-electron chi connectivity index (χ0n) is 14.6. The van der Waals surface area contributed by atoms with Gasteiger partial charge in [-0.3, -0.25) is 4.90 Å². The fourth-order valence-corrected chi connectivity index (χ4v) is 4.59. The summed E-state index contributed by atoms with van der Waals surface area (Å²) >= 11 is 0. The lowest BCUT2D eigenvalue weighted by atomic mass is 10.1. The maximum absolute atomic E-state index is 12.8. The van der Waals surface area contributed by atoms with Gasteiger partial charge < -0.3 is 4.74 Å². The van der Waals surface area contributed by atoms with Crippen LogP contribution in [-0.4, -0.2) is 50.9 Å². The molecule has 0 spiro atoms. The van der Waals surface area contributed by atoms with Crippen LogP contribution in [0, 0.1) is 0 Å². The van der Waals surface area contributed by atoms with Crippen LogP contribution in [0.1, 0.15) is 18.5 Å². The molecule has 6 heteroatoms. The molecule has 2 aromatic carbocycles. The second-order valence-electron chi connectivity index (χ2n) is 6.20. The topological polar surface area (TPSA) is 49.9 Å². The number of hydrogen-bond donors (Lipinski definition) is 0. The van der Waals surface area contributed by atoms with Crippen molar-refractivity contribution in [3.05, 3.63) is 60.2 Å². The van der Waals surface area contributed by atoms with Gasteiger partial charge in [0, 0.05) is 32.2 Å². The molecule has 0 aromatic heterocycles. The quantitative estimate of drug-likeness (QED) is 0.823. The van der Waals surface area contributed by atoms with Crippen molar-refractivity contribution in [2.45, 2.75) is 17.9 Å². The summed E-state index contributed by atoms with van der Waals surface area (Å²) in [4.78, 5) is 2.65. The molecule has 0 amide bonds. The Kier molecular flexibility index (Phi) is 5.42. The van der Waals surface area contributed by atoms with E-state index in [1.54, 1.807) is 35.7 Å². The summed E-state index contributed by atoms with van der Waals surface area (Å²) in [5, 5.41) is 0. The van der Waals surface area contributed by atoms with Crippen molar-refractivity contribution >= 4 is 10.0 Å². The molecular weight excluding hydrogens is 336 g/mol. The molecule has 0 unspecified atom stereocenters. The van der Waals surface area contributed by atoms with Crippen LogP contribution in [0.3, 0.4) is 0 Å². The fourth-order valence-electron chi connectivity index (χ4n) is 3.17. The van der Waals surface area contributed by atoms with E-state index in [0.717, 1.165) is 13.1 Å². The van der Waals surface area contributed by atoms with Crippen LogP contribution >= 0.6 is 0 Å². The summed E-state index contributed by atoms with van der Waals surface area (Å²) in [5.41, 5.74) is 1.26. The minimum absolute atomic E-state index is 0.284. The van der Waals surface area contributed by atoms with Gasteiger partial charge in [-0.05, 0) is 36.8 Å². The van der Waals surface area contributed by atoms with E-state index >= 15 is 0 Å². The monoisotopic (exact) mass is 360 g/mol.